The number of carbonyl (C=O) groups excluding carboxylic acids is 2. The molecule has 11 nitrogen and oxygen atoms in total. The minimum Gasteiger partial charge on any atom is -0.355 e. The van der Waals surface area contributed by atoms with Gasteiger partial charge in [0, 0.05) is 41.9 Å². The number of amides is 2. The van der Waals surface area contributed by atoms with E-state index >= 15 is 0 Å². The molecule has 228 valence electrons. The fourth-order valence-electron chi connectivity index (χ4n) is 5.30. The summed E-state index contributed by atoms with van der Waals surface area (Å²) in [5, 5.41) is 13.3. The molecule has 3 N–H and O–H groups in total. The lowest BCUT2D eigenvalue weighted by molar-refractivity contribution is 0.0653. The molecule has 2 aromatic heterocycles. The maximum atomic E-state index is 14.1. The Hall–Kier alpha value is -5.00. The van der Waals surface area contributed by atoms with E-state index in [-0.39, 0.29) is 35.0 Å². The zero-order chi connectivity index (χ0) is 31.7. The van der Waals surface area contributed by atoms with Gasteiger partial charge in [0.05, 0.1) is 28.0 Å². The largest absolute Gasteiger partial charge is 0.355 e. The lowest BCUT2D eigenvalue weighted by Gasteiger charge is -2.34. The van der Waals surface area contributed by atoms with Gasteiger partial charge in [-0.3, -0.25) is 19.5 Å². The van der Waals surface area contributed by atoms with E-state index in [1.54, 1.807) is 54.4 Å². The van der Waals surface area contributed by atoms with E-state index in [0.29, 0.717) is 57.8 Å². The first-order valence-corrected chi connectivity index (χ1v) is 14.9. The number of aromatic amines is 1. The summed E-state index contributed by atoms with van der Waals surface area (Å²) in [7, 11) is 1.56. The molecule has 0 radical (unpaired) electrons. The average molecular weight is 644 g/mol. The van der Waals surface area contributed by atoms with Gasteiger partial charge in [-0.25, -0.2) is 14.5 Å². The summed E-state index contributed by atoms with van der Waals surface area (Å²) in [6.07, 6.45) is 1.76. The average Bonchev–Trinajstić information content (AvgIpc) is 3.60. The van der Waals surface area contributed by atoms with Crippen LogP contribution in [0, 0.1) is 0 Å². The van der Waals surface area contributed by atoms with Crippen LogP contribution in [0.15, 0.2) is 77.9 Å². The van der Waals surface area contributed by atoms with Crippen LogP contribution < -0.4 is 16.2 Å². The molecule has 13 heteroatoms. The van der Waals surface area contributed by atoms with Gasteiger partial charge in [0.15, 0.2) is 5.82 Å². The summed E-state index contributed by atoms with van der Waals surface area (Å²) in [4.78, 5) is 50.6. The molecule has 1 atom stereocenters. The Labute approximate surface area is 268 Å². The van der Waals surface area contributed by atoms with Crippen LogP contribution in [0.25, 0.3) is 17.1 Å². The van der Waals surface area contributed by atoms with Crippen LogP contribution >= 0.6 is 23.2 Å². The van der Waals surface area contributed by atoms with Crippen molar-refractivity contribution in [3.05, 3.63) is 121 Å². The highest BCUT2D eigenvalue weighted by Crippen LogP contribution is 2.28. The van der Waals surface area contributed by atoms with E-state index < -0.39 is 0 Å². The third kappa shape index (κ3) is 6.04. The molecule has 3 heterocycles. The Balaban J connectivity index is 1.35. The maximum Gasteiger partial charge on any atom is 0.263 e. The molecule has 0 fully saturated rings. The zero-order valence-corrected chi connectivity index (χ0v) is 25.9. The number of hydrogen-bond donors (Lipinski definition) is 3. The smallest absolute Gasteiger partial charge is 0.263 e. The number of H-pyrrole nitrogens is 1. The summed E-state index contributed by atoms with van der Waals surface area (Å²) >= 11 is 12.3. The van der Waals surface area contributed by atoms with Crippen molar-refractivity contribution in [2.75, 3.05) is 12.4 Å². The van der Waals surface area contributed by atoms with E-state index in [1.165, 1.54) is 10.9 Å². The van der Waals surface area contributed by atoms with E-state index in [1.807, 2.05) is 31.2 Å². The Bertz CT molecular complexity index is 1940. The van der Waals surface area contributed by atoms with Gasteiger partial charge in [-0.05, 0) is 61.4 Å². The minimum absolute atomic E-state index is 0.141. The van der Waals surface area contributed by atoms with Crippen LogP contribution in [0.2, 0.25) is 10.0 Å². The van der Waals surface area contributed by atoms with Gasteiger partial charge in [0.2, 0.25) is 5.95 Å². The molecule has 0 spiro atoms. The number of nitrogens with zero attached hydrogens (tertiary/aromatic N) is 5. The second kappa shape index (κ2) is 12.5. The fourth-order valence-corrected chi connectivity index (χ4v) is 5.59. The molecule has 1 aliphatic heterocycles. The van der Waals surface area contributed by atoms with Crippen LogP contribution in [0.4, 0.5) is 5.95 Å². The van der Waals surface area contributed by atoms with Gasteiger partial charge in [0.1, 0.15) is 6.33 Å². The molecule has 0 aliphatic carbocycles. The Kier molecular flexibility index (Phi) is 8.38. The molecule has 0 bridgehead atoms. The van der Waals surface area contributed by atoms with Crippen molar-refractivity contribution in [2.45, 2.75) is 32.5 Å². The topological polar surface area (TPSA) is 138 Å². The number of nitrogens with one attached hydrogen (secondary N) is 3. The summed E-state index contributed by atoms with van der Waals surface area (Å²) in [5.74, 6) is 0.505. The molecular weight excluding hydrogens is 615 g/mol. The maximum absolute atomic E-state index is 14.1. The quantitative estimate of drug-likeness (QED) is 0.230. The highest BCUT2D eigenvalue weighted by Gasteiger charge is 2.32. The first-order chi connectivity index (χ1) is 21.7. The van der Waals surface area contributed by atoms with E-state index in [2.05, 4.69) is 25.8 Å². The number of fused-ring (bicyclic) bond motifs is 1. The molecular formula is C32H28Cl2N8O3. The van der Waals surface area contributed by atoms with Gasteiger partial charge < -0.3 is 15.5 Å². The molecule has 3 aromatic carbocycles. The molecule has 0 saturated carbocycles. The van der Waals surface area contributed by atoms with Gasteiger partial charge in [0.25, 0.3) is 17.4 Å². The van der Waals surface area contributed by atoms with Crippen molar-refractivity contribution < 1.29 is 9.59 Å². The van der Waals surface area contributed by atoms with Crippen LogP contribution in [-0.4, -0.2) is 54.5 Å². The summed E-state index contributed by atoms with van der Waals surface area (Å²) < 4.78 is 1.51. The highest BCUT2D eigenvalue weighted by molar-refractivity contribution is 6.42. The third-order valence-corrected chi connectivity index (χ3v) is 8.49. The van der Waals surface area contributed by atoms with Crippen molar-refractivity contribution in [1.82, 2.24) is 34.9 Å². The Morgan fingerprint density at radius 2 is 1.73 bits per heavy atom. The first kappa shape index (κ1) is 30.0. The SMILES string of the molecule is CNC(=O)c1ccc(-n2c(NCc3ccc(-c4ncn[nH]4)cc3)nc3c(c2=O)C[C@@H](C)N(C(=O)c2ccc(Cl)c(Cl)c2)C3)cc1. The molecule has 0 unspecified atom stereocenters. The van der Waals surface area contributed by atoms with Crippen molar-refractivity contribution in [2.24, 2.45) is 0 Å². The van der Waals surface area contributed by atoms with Crippen molar-refractivity contribution >= 4 is 41.0 Å². The number of carbonyl (C=O) groups is 2. The number of halogens is 2. The molecule has 5 aromatic rings. The second-order valence-corrected chi connectivity index (χ2v) is 11.4. The van der Waals surface area contributed by atoms with Gasteiger partial charge in [-0.2, -0.15) is 5.10 Å². The number of anilines is 1. The number of aromatic nitrogens is 5. The van der Waals surface area contributed by atoms with Gasteiger partial charge >= 0.3 is 0 Å². The fraction of sp³-hybridized carbons (Fsp3) is 0.188. The lowest BCUT2D eigenvalue weighted by Crippen LogP contribution is -2.46. The summed E-state index contributed by atoms with van der Waals surface area (Å²) in [6.45, 7) is 2.40. The second-order valence-electron chi connectivity index (χ2n) is 10.6. The normalized spacial score (nSPS) is 14.1. The predicted octanol–water partition coefficient (Wildman–Crippen LogP) is 4.88. The first-order valence-electron chi connectivity index (χ1n) is 14.2. The number of rotatable bonds is 7. The molecule has 1 aliphatic rings. The number of benzene rings is 3. The van der Waals surface area contributed by atoms with Crippen molar-refractivity contribution in [3.63, 3.8) is 0 Å². The van der Waals surface area contributed by atoms with E-state index in [0.717, 1.165) is 11.1 Å². The van der Waals surface area contributed by atoms with E-state index in [9.17, 15) is 14.4 Å². The minimum atomic E-state index is -0.278. The van der Waals surface area contributed by atoms with Crippen LogP contribution in [0.5, 0.6) is 0 Å². The van der Waals surface area contributed by atoms with Crippen molar-refractivity contribution in [1.29, 1.82) is 0 Å². The van der Waals surface area contributed by atoms with Crippen LogP contribution in [0.1, 0.15) is 44.5 Å². The van der Waals surface area contributed by atoms with Gasteiger partial charge in [-0.15, -0.1) is 0 Å². The summed E-state index contributed by atoms with van der Waals surface area (Å²) in [5.41, 5.74) is 4.03. The van der Waals surface area contributed by atoms with Crippen LogP contribution in [0.3, 0.4) is 0 Å². The Morgan fingerprint density at radius 3 is 2.40 bits per heavy atom. The Morgan fingerprint density at radius 1 is 1.00 bits per heavy atom. The lowest BCUT2D eigenvalue weighted by atomic mass is 9.98. The standard InChI is InChI=1S/C32H28Cl2N8O3/c1-18-13-24-27(16-41(18)30(44)22-9-12-25(33)26(34)14-22)39-32(36-15-19-3-5-20(6-4-19)28-37-17-38-40-28)42(31(24)45)23-10-7-21(8-11-23)29(43)35-2/h3-12,14,17-18H,13,15-16H2,1-2H3,(H,35,43)(H,36,39)(H,37,38,40)/t18-/m1/s1. The third-order valence-electron chi connectivity index (χ3n) is 7.75. The zero-order valence-electron chi connectivity index (χ0n) is 24.3. The molecule has 45 heavy (non-hydrogen) atoms. The molecule has 6 rings (SSSR count). The summed E-state index contributed by atoms with van der Waals surface area (Å²) in [6, 6.07) is 19.0. The highest BCUT2D eigenvalue weighted by atomic mass is 35.5. The predicted molar refractivity (Wildman–Crippen MR) is 172 cm³/mol. The number of hydrogen-bond acceptors (Lipinski definition) is 7. The van der Waals surface area contributed by atoms with Crippen molar-refractivity contribution in [3.8, 4) is 17.1 Å². The monoisotopic (exact) mass is 642 g/mol. The molecule has 0 saturated heterocycles. The van der Waals surface area contributed by atoms with Crippen LogP contribution in [-0.2, 0) is 19.5 Å². The van der Waals surface area contributed by atoms with E-state index in [4.69, 9.17) is 28.2 Å². The van der Waals surface area contributed by atoms with Gasteiger partial charge in [-0.1, -0.05) is 47.5 Å². The molecule has 2 amide bonds.